The molecule has 2 unspecified atom stereocenters. The smallest absolute Gasteiger partial charge is 0.0593 e. The molecule has 1 heterocycles. The molecule has 0 amide bonds. The third kappa shape index (κ3) is 3.11. The second-order valence-electron chi connectivity index (χ2n) is 4.77. The minimum absolute atomic E-state index is 0.797. The highest BCUT2D eigenvalue weighted by Crippen LogP contribution is 2.35. The summed E-state index contributed by atoms with van der Waals surface area (Å²) in [5.41, 5.74) is 0. The molecule has 2 nitrogen and oxygen atoms in total. The maximum atomic E-state index is 5.51. The Kier molecular flexibility index (Phi) is 4.79. The van der Waals surface area contributed by atoms with Crippen molar-refractivity contribution in [1.29, 1.82) is 0 Å². The van der Waals surface area contributed by atoms with Gasteiger partial charge in [0.1, 0.15) is 0 Å². The third-order valence-electron chi connectivity index (χ3n) is 3.88. The van der Waals surface area contributed by atoms with Crippen molar-refractivity contribution in [3.63, 3.8) is 0 Å². The zero-order valence-electron chi connectivity index (χ0n) is 9.53. The first-order valence-electron chi connectivity index (χ1n) is 6.34. The molecular formula is C12H23NOS. The van der Waals surface area contributed by atoms with Gasteiger partial charge in [-0.25, -0.2) is 0 Å². The fraction of sp³-hybridized carbons (Fsp3) is 1.00. The molecule has 88 valence electrons. The number of ether oxygens (including phenoxy) is 1. The van der Waals surface area contributed by atoms with Crippen LogP contribution in [0.25, 0.3) is 0 Å². The summed E-state index contributed by atoms with van der Waals surface area (Å²) in [7, 11) is 0. The van der Waals surface area contributed by atoms with Crippen LogP contribution in [0.5, 0.6) is 0 Å². The van der Waals surface area contributed by atoms with Crippen molar-refractivity contribution in [1.82, 2.24) is 4.90 Å². The maximum Gasteiger partial charge on any atom is 0.0593 e. The van der Waals surface area contributed by atoms with E-state index in [1.54, 1.807) is 0 Å². The van der Waals surface area contributed by atoms with Gasteiger partial charge in [-0.15, -0.1) is 0 Å². The number of thiol groups is 1. The average molecular weight is 229 g/mol. The summed E-state index contributed by atoms with van der Waals surface area (Å²) < 4.78 is 5.51. The largest absolute Gasteiger partial charge is 0.379 e. The lowest BCUT2D eigenvalue weighted by molar-refractivity contribution is 0.0972. The minimum Gasteiger partial charge on any atom is -0.379 e. The summed E-state index contributed by atoms with van der Waals surface area (Å²) in [4.78, 5) is 2.66. The fourth-order valence-corrected chi connectivity index (χ4v) is 3.26. The molecule has 0 spiro atoms. The average Bonchev–Trinajstić information content (AvgIpc) is 2.68. The van der Waals surface area contributed by atoms with Crippen molar-refractivity contribution in [2.24, 2.45) is 5.92 Å². The Morgan fingerprint density at radius 2 is 2.00 bits per heavy atom. The number of hydrogen-bond donors (Lipinski definition) is 1. The molecule has 0 bridgehead atoms. The standard InChI is InChI=1S/C12H23NOS/c15-10-9-14-8-7-13-6-5-11-3-1-2-4-12(11)13/h11-12,15H,1-10H2. The lowest BCUT2D eigenvalue weighted by atomic mass is 9.85. The van der Waals surface area contributed by atoms with E-state index >= 15 is 0 Å². The van der Waals surface area contributed by atoms with E-state index in [2.05, 4.69) is 17.5 Å². The van der Waals surface area contributed by atoms with Crippen LogP contribution < -0.4 is 0 Å². The van der Waals surface area contributed by atoms with Crippen LogP contribution in [0, 0.1) is 5.92 Å². The molecule has 1 saturated carbocycles. The van der Waals surface area contributed by atoms with Gasteiger partial charge in [0, 0.05) is 18.3 Å². The Hall–Kier alpha value is 0.270. The summed E-state index contributed by atoms with van der Waals surface area (Å²) in [5.74, 6) is 1.84. The molecule has 15 heavy (non-hydrogen) atoms. The molecule has 0 radical (unpaired) electrons. The third-order valence-corrected chi connectivity index (χ3v) is 4.07. The highest BCUT2D eigenvalue weighted by Gasteiger charge is 2.34. The van der Waals surface area contributed by atoms with Crippen LogP contribution in [0.4, 0.5) is 0 Å². The summed E-state index contributed by atoms with van der Waals surface area (Å²) in [5, 5.41) is 0. The molecule has 1 aliphatic heterocycles. The van der Waals surface area contributed by atoms with Gasteiger partial charge >= 0.3 is 0 Å². The zero-order valence-corrected chi connectivity index (χ0v) is 10.4. The van der Waals surface area contributed by atoms with E-state index in [0.29, 0.717) is 0 Å². The van der Waals surface area contributed by atoms with E-state index in [-0.39, 0.29) is 0 Å². The maximum absolute atomic E-state index is 5.51. The second-order valence-corrected chi connectivity index (χ2v) is 5.22. The van der Waals surface area contributed by atoms with Crippen LogP contribution in [-0.4, -0.2) is 43.0 Å². The van der Waals surface area contributed by atoms with Crippen molar-refractivity contribution in [3.05, 3.63) is 0 Å². The van der Waals surface area contributed by atoms with Gasteiger partial charge in [0.25, 0.3) is 0 Å². The van der Waals surface area contributed by atoms with Crippen molar-refractivity contribution >= 4 is 12.6 Å². The molecule has 0 aromatic heterocycles. The first-order valence-corrected chi connectivity index (χ1v) is 6.97. The lowest BCUT2D eigenvalue weighted by Gasteiger charge is -2.31. The van der Waals surface area contributed by atoms with Gasteiger partial charge in [-0.1, -0.05) is 12.8 Å². The highest BCUT2D eigenvalue weighted by atomic mass is 32.1. The number of likely N-dealkylation sites (tertiary alicyclic amines) is 1. The van der Waals surface area contributed by atoms with Crippen LogP contribution in [0.15, 0.2) is 0 Å². The van der Waals surface area contributed by atoms with Gasteiger partial charge in [-0.05, 0) is 31.7 Å². The Morgan fingerprint density at radius 3 is 2.87 bits per heavy atom. The molecule has 2 fully saturated rings. The van der Waals surface area contributed by atoms with Gasteiger partial charge < -0.3 is 4.74 Å². The predicted molar refractivity (Wildman–Crippen MR) is 66.6 cm³/mol. The molecule has 1 saturated heterocycles. The van der Waals surface area contributed by atoms with Crippen molar-refractivity contribution in [2.45, 2.75) is 38.1 Å². The summed E-state index contributed by atoms with van der Waals surface area (Å²) in [6.45, 7) is 4.13. The minimum atomic E-state index is 0.797. The van der Waals surface area contributed by atoms with Crippen LogP contribution in [-0.2, 0) is 4.74 Å². The fourth-order valence-electron chi connectivity index (χ4n) is 3.13. The van der Waals surface area contributed by atoms with Gasteiger partial charge in [0.2, 0.25) is 0 Å². The Labute approximate surface area is 98.8 Å². The first kappa shape index (κ1) is 11.7. The van der Waals surface area contributed by atoms with Crippen LogP contribution in [0.3, 0.4) is 0 Å². The number of nitrogens with zero attached hydrogens (tertiary/aromatic N) is 1. The Morgan fingerprint density at radius 1 is 1.13 bits per heavy atom. The van der Waals surface area contributed by atoms with E-state index in [1.807, 2.05) is 0 Å². The quantitative estimate of drug-likeness (QED) is 0.573. The van der Waals surface area contributed by atoms with Crippen LogP contribution in [0.1, 0.15) is 32.1 Å². The summed E-state index contributed by atoms with van der Waals surface area (Å²) >= 11 is 4.14. The van der Waals surface area contributed by atoms with Crippen LogP contribution >= 0.6 is 12.6 Å². The predicted octanol–water partition coefficient (Wildman–Crippen LogP) is 2.20. The summed E-state index contributed by atoms with van der Waals surface area (Å²) in [6.07, 6.45) is 7.23. The topological polar surface area (TPSA) is 12.5 Å². The molecule has 2 atom stereocenters. The monoisotopic (exact) mass is 229 g/mol. The van der Waals surface area contributed by atoms with Gasteiger partial charge in [-0.3, -0.25) is 4.90 Å². The molecule has 1 aliphatic carbocycles. The molecule has 0 aromatic carbocycles. The Balaban J connectivity index is 1.69. The molecule has 2 rings (SSSR count). The zero-order chi connectivity index (χ0) is 10.5. The normalized spacial score (nSPS) is 31.8. The van der Waals surface area contributed by atoms with E-state index in [0.717, 1.165) is 37.5 Å². The van der Waals surface area contributed by atoms with Crippen molar-refractivity contribution in [3.8, 4) is 0 Å². The SMILES string of the molecule is SCCOCCN1CCC2CCCCC21. The second kappa shape index (κ2) is 6.12. The molecule has 3 heteroatoms. The van der Waals surface area contributed by atoms with Gasteiger partial charge in [0.15, 0.2) is 0 Å². The lowest BCUT2D eigenvalue weighted by Crippen LogP contribution is -2.36. The molecule has 2 aliphatic rings. The van der Waals surface area contributed by atoms with Crippen molar-refractivity contribution < 1.29 is 4.74 Å². The number of rotatable bonds is 5. The van der Waals surface area contributed by atoms with Gasteiger partial charge in [-0.2, -0.15) is 12.6 Å². The van der Waals surface area contributed by atoms with E-state index in [1.165, 1.54) is 38.6 Å². The number of fused-ring (bicyclic) bond motifs is 1. The molecule has 0 aromatic rings. The Bertz CT molecular complexity index is 188. The summed E-state index contributed by atoms with van der Waals surface area (Å²) in [6, 6.07) is 0.887. The van der Waals surface area contributed by atoms with E-state index in [9.17, 15) is 0 Å². The van der Waals surface area contributed by atoms with Crippen LogP contribution in [0.2, 0.25) is 0 Å². The molecule has 0 N–H and O–H groups in total. The van der Waals surface area contributed by atoms with Gasteiger partial charge in [0.05, 0.1) is 13.2 Å². The van der Waals surface area contributed by atoms with E-state index in [4.69, 9.17) is 4.74 Å². The molecular weight excluding hydrogens is 206 g/mol. The first-order chi connectivity index (χ1) is 7.42. The van der Waals surface area contributed by atoms with Crippen molar-refractivity contribution in [2.75, 3.05) is 32.1 Å². The van der Waals surface area contributed by atoms with E-state index < -0.39 is 0 Å². The number of hydrogen-bond acceptors (Lipinski definition) is 3. The highest BCUT2D eigenvalue weighted by molar-refractivity contribution is 7.80.